The molecule has 0 aromatic carbocycles. The maximum Gasteiger partial charge on any atom is 0.326 e. The van der Waals surface area contributed by atoms with Crippen molar-refractivity contribution in [1.29, 1.82) is 0 Å². The molecule has 0 spiro atoms. The molecule has 0 radical (unpaired) electrons. The van der Waals surface area contributed by atoms with Gasteiger partial charge in [-0.1, -0.05) is 0 Å². The highest BCUT2D eigenvalue weighted by atomic mass is 16.4. The van der Waals surface area contributed by atoms with E-state index >= 15 is 0 Å². The first-order valence-electron chi connectivity index (χ1n) is 7.44. The summed E-state index contributed by atoms with van der Waals surface area (Å²) in [4.78, 5) is 24.7. The average molecular weight is 266 g/mol. The minimum atomic E-state index is -0.881. The Bertz CT molecular complexity index is 365. The Morgan fingerprint density at radius 3 is 2.32 bits per heavy atom. The molecule has 2 N–H and O–H groups in total. The molecule has 1 unspecified atom stereocenters. The smallest absolute Gasteiger partial charge is 0.326 e. The van der Waals surface area contributed by atoms with Gasteiger partial charge in [-0.15, -0.1) is 0 Å². The summed E-state index contributed by atoms with van der Waals surface area (Å²) in [5.41, 5.74) is 0. The molecule has 1 aliphatic heterocycles. The van der Waals surface area contributed by atoms with E-state index in [0.717, 1.165) is 24.8 Å². The number of carboxylic acids is 1. The molecule has 0 aromatic heterocycles. The molecule has 3 aliphatic rings. The van der Waals surface area contributed by atoms with Crippen molar-refractivity contribution >= 4 is 12.0 Å². The predicted molar refractivity (Wildman–Crippen MR) is 69.7 cm³/mol. The van der Waals surface area contributed by atoms with Crippen LogP contribution in [0.15, 0.2) is 0 Å². The molecule has 2 amide bonds. The number of aliphatic carboxylic acids is 1. The van der Waals surface area contributed by atoms with E-state index < -0.39 is 12.0 Å². The number of amides is 2. The molecule has 0 bridgehead atoms. The molecule has 2 saturated carbocycles. The van der Waals surface area contributed by atoms with Crippen LogP contribution in [-0.4, -0.2) is 41.1 Å². The summed E-state index contributed by atoms with van der Waals surface area (Å²) in [5.74, 6) is 1.37. The zero-order valence-electron chi connectivity index (χ0n) is 11.2. The number of hydrogen-bond acceptors (Lipinski definition) is 2. The summed E-state index contributed by atoms with van der Waals surface area (Å²) in [5, 5.41) is 12.1. The molecular weight excluding hydrogens is 244 g/mol. The molecule has 1 heterocycles. The van der Waals surface area contributed by atoms with Crippen LogP contribution in [0.25, 0.3) is 0 Å². The molecular formula is C14H22N2O3. The van der Waals surface area contributed by atoms with E-state index in [0.29, 0.717) is 18.9 Å². The highest BCUT2D eigenvalue weighted by molar-refractivity contribution is 5.83. The minimum absolute atomic E-state index is 0.184. The lowest BCUT2D eigenvalue weighted by molar-refractivity contribution is -0.141. The number of nitrogens with zero attached hydrogens (tertiary/aromatic N) is 1. The number of carboxylic acid groups (broad SMARTS) is 1. The number of urea groups is 1. The molecule has 3 fully saturated rings. The van der Waals surface area contributed by atoms with E-state index in [-0.39, 0.29) is 6.03 Å². The van der Waals surface area contributed by atoms with E-state index in [1.54, 1.807) is 0 Å². The molecule has 3 rings (SSSR count). The first-order chi connectivity index (χ1) is 9.16. The van der Waals surface area contributed by atoms with Gasteiger partial charge in [0, 0.05) is 13.1 Å². The zero-order chi connectivity index (χ0) is 13.4. The Balaban J connectivity index is 1.51. The molecule has 2 aliphatic carbocycles. The summed E-state index contributed by atoms with van der Waals surface area (Å²) in [6.07, 6.45) is 6.59. The van der Waals surface area contributed by atoms with Crippen LogP contribution in [0.3, 0.4) is 0 Å². The third-order valence-corrected chi connectivity index (χ3v) is 4.74. The third kappa shape index (κ3) is 2.85. The second-order valence-electron chi connectivity index (χ2n) is 6.21. The highest BCUT2D eigenvalue weighted by Gasteiger charge is 2.42. The van der Waals surface area contributed by atoms with E-state index in [9.17, 15) is 9.59 Å². The van der Waals surface area contributed by atoms with Crippen LogP contribution in [0.4, 0.5) is 4.79 Å². The quantitative estimate of drug-likeness (QED) is 0.795. The van der Waals surface area contributed by atoms with Gasteiger partial charge in [-0.2, -0.15) is 0 Å². The van der Waals surface area contributed by atoms with Crippen molar-refractivity contribution in [3.05, 3.63) is 0 Å². The summed E-state index contributed by atoms with van der Waals surface area (Å²) in [6.45, 7) is 1.30. The molecule has 5 nitrogen and oxygen atoms in total. The van der Waals surface area contributed by atoms with Gasteiger partial charge in [0.2, 0.25) is 0 Å². The van der Waals surface area contributed by atoms with Gasteiger partial charge in [-0.3, -0.25) is 0 Å². The molecule has 106 valence electrons. The van der Waals surface area contributed by atoms with Gasteiger partial charge in [0.15, 0.2) is 0 Å². The summed E-state index contributed by atoms with van der Waals surface area (Å²) >= 11 is 0. The third-order valence-electron chi connectivity index (χ3n) is 4.74. The van der Waals surface area contributed by atoms with Gasteiger partial charge in [0.1, 0.15) is 6.04 Å². The maximum absolute atomic E-state index is 12.1. The summed E-state index contributed by atoms with van der Waals surface area (Å²) < 4.78 is 0. The van der Waals surface area contributed by atoms with Gasteiger partial charge in [-0.25, -0.2) is 9.59 Å². The molecule has 1 saturated heterocycles. The van der Waals surface area contributed by atoms with Crippen LogP contribution in [0.5, 0.6) is 0 Å². The largest absolute Gasteiger partial charge is 0.480 e. The summed E-state index contributed by atoms with van der Waals surface area (Å²) in [6, 6.07) is -0.809. The second-order valence-corrected chi connectivity index (χ2v) is 6.21. The Kier molecular flexibility index (Phi) is 3.37. The van der Waals surface area contributed by atoms with Crippen LogP contribution in [-0.2, 0) is 4.79 Å². The molecule has 19 heavy (non-hydrogen) atoms. The van der Waals surface area contributed by atoms with E-state index in [4.69, 9.17) is 5.11 Å². The van der Waals surface area contributed by atoms with Crippen LogP contribution >= 0.6 is 0 Å². The zero-order valence-corrected chi connectivity index (χ0v) is 11.2. The van der Waals surface area contributed by atoms with Crippen LogP contribution in [0.2, 0.25) is 0 Å². The average Bonchev–Trinajstić information content (AvgIpc) is 3.29. The van der Waals surface area contributed by atoms with Crippen LogP contribution < -0.4 is 5.32 Å². The molecule has 1 atom stereocenters. The number of nitrogens with one attached hydrogen (secondary N) is 1. The first kappa shape index (κ1) is 12.8. The maximum atomic E-state index is 12.1. The number of hydrogen-bond donors (Lipinski definition) is 2. The standard InChI is InChI=1S/C14H22N2O3/c17-13(18)12-2-1-7-16(12)14(19)15-8-11(9-3-4-9)10-5-6-10/h9-12H,1-8H2,(H,15,19)(H,17,18). The van der Waals surface area contributed by atoms with E-state index in [1.807, 2.05) is 0 Å². The second kappa shape index (κ2) is 5.02. The van der Waals surface area contributed by atoms with E-state index in [1.165, 1.54) is 30.6 Å². The van der Waals surface area contributed by atoms with Crippen molar-refractivity contribution in [3.8, 4) is 0 Å². The van der Waals surface area contributed by atoms with E-state index in [2.05, 4.69) is 5.32 Å². The SMILES string of the molecule is O=C(O)C1CCCN1C(=O)NCC(C1CC1)C1CC1. The fourth-order valence-corrected chi connectivity index (χ4v) is 3.34. The number of likely N-dealkylation sites (tertiary alicyclic amines) is 1. The number of rotatable bonds is 5. The molecule has 0 aromatic rings. The van der Waals surface area contributed by atoms with Crippen molar-refractivity contribution in [2.24, 2.45) is 17.8 Å². The van der Waals surface area contributed by atoms with Crippen molar-refractivity contribution in [2.45, 2.75) is 44.6 Å². The lowest BCUT2D eigenvalue weighted by Gasteiger charge is -2.24. The summed E-state index contributed by atoms with van der Waals surface area (Å²) in [7, 11) is 0. The van der Waals surface area contributed by atoms with Gasteiger partial charge in [-0.05, 0) is 56.3 Å². The van der Waals surface area contributed by atoms with Crippen LogP contribution in [0, 0.1) is 17.8 Å². The van der Waals surface area contributed by atoms with Crippen molar-refractivity contribution in [1.82, 2.24) is 10.2 Å². The Morgan fingerprint density at radius 2 is 1.79 bits per heavy atom. The van der Waals surface area contributed by atoms with Crippen molar-refractivity contribution < 1.29 is 14.7 Å². The first-order valence-corrected chi connectivity index (χ1v) is 7.44. The Hall–Kier alpha value is -1.26. The fraction of sp³-hybridized carbons (Fsp3) is 0.857. The molecule has 5 heteroatoms. The van der Waals surface area contributed by atoms with Crippen molar-refractivity contribution in [3.63, 3.8) is 0 Å². The predicted octanol–water partition coefficient (Wildman–Crippen LogP) is 1.68. The highest BCUT2D eigenvalue weighted by Crippen LogP contribution is 2.48. The van der Waals surface area contributed by atoms with Gasteiger partial charge >= 0.3 is 12.0 Å². The minimum Gasteiger partial charge on any atom is -0.480 e. The fourth-order valence-electron chi connectivity index (χ4n) is 3.34. The Labute approximate surface area is 113 Å². The Morgan fingerprint density at radius 1 is 1.16 bits per heavy atom. The number of carbonyl (C=O) groups excluding carboxylic acids is 1. The van der Waals surface area contributed by atoms with Gasteiger partial charge < -0.3 is 15.3 Å². The topological polar surface area (TPSA) is 69.6 Å². The monoisotopic (exact) mass is 266 g/mol. The lowest BCUT2D eigenvalue weighted by atomic mass is 9.98. The van der Waals surface area contributed by atoms with Gasteiger partial charge in [0.05, 0.1) is 0 Å². The van der Waals surface area contributed by atoms with Crippen molar-refractivity contribution in [2.75, 3.05) is 13.1 Å². The lowest BCUT2D eigenvalue weighted by Crippen LogP contribution is -2.47. The van der Waals surface area contributed by atoms with Gasteiger partial charge in [0.25, 0.3) is 0 Å². The van der Waals surface area contributed by atoms with Crippen LogP contribution in [0.1, 0.15) is 38.5 Å². The number of carbonyl (C=O) groups is 2. The normalized spacial score (nSPS) is 26.8.